The Balaban J connectivity index is 2.25. The summed E-state index contributed by atoms with van der Waals surface area (Å²) >= 11 is 0. The van der Waals surface area contributed by atoms with Crippen LogP contribution < -0.4 is 4.74 Å². The molecule has 1 heterocycles. The van der Waals surface area contributed by atoms with Gasteiger partial charge in [-0.25, -0.2) is 0 Å². The van der Waals surface area contributed by atoms with E-state index in [0.29, 0.717) is 23.3 Å². The Morgan fingerprint density at radius 3 is 2.80 bits per heavy atom. The third-order valence-corrected chi connectivity index (χ3v) is 2.46. The van der Waals surface area contributed by atoms with Gasteiger partial charge in [-0.05, 0) is 24.8 Å². The average Bonchev–Trinajstić information content (AvgIpc) is 3.02. The molecule has 0 saturated heterocycles. The zero-order chi connectivity index (χ0) is 10.8. The zero-order valence-corrected chi connectivity index (χ0v) is 9.06. The lowest BCUT2D eigenvalue weighted by atomic mass is 10.1. The van der Waals surface area contributed by atoms with E-state index in [2.05, 4.69) is 18.8 Å². The molecular formula is C12H15NO2. The van der Waals surface area contributed by atoms with Gasteiger partial charge in [0.25, 0.3) is 0 Å². The van der Waals surface area contributed by atoms with Crippen LogP contribution in [0.15, 0.2) is 12.3 Å². The van der Waals surface area contributed by atoms with Crippen LogP contribution in [-0.2, 0) is 0 Å². The Labute approximate surface area is 89.5 Å². The van der Waals surface area contributed by atoms with Gasteiger partial charge < -0.3 is 4.74 Å². The first-order valence-corrected chi connectivity index (χ1v) is 5.32. The molecule has 0 spiro atoms. The number of ether oxygens (including phenoxy) is 1. The van der Waals surface area contributed by atoms with Gasteiger partial charge in [-0.15, -0.1) is 0 Å². The van der Waals surface area contributed by atoms with Crippen LogP contribution in [0.25, 0.3) is 0 Å². The van der Waals surface area contributed by atoms with Crippen molar-refractivity contribution in [3.63, 3.8) is 0 Å². The molecule has 0 N–H and O–H groups in total. The quantitative estimate of drug-likeness (QED) is 0.709. The van der Waals surface area contributed by atoms with Gasteiger partial charge in [0, 0.05) is 5.69 Å². The van der Waals surface area contributed by atoms with Gasteiger partial charge in [0.1, 0.15) is 5.75 Å². The molecule has 1 fully saturated rings. The Bertz CT molecular complexity index is 370. The van der Waals surface area contributed by atoms with E-state index in [1.165, 1.54) is 0 Å². The smallest absolute Gasteiger partial charge is 0.153 e. The lowest BCUT2D eigenvalue weighted by molar-refractivity contribution is 0.111. The van der Waals surface area contributed by atoms with E-state index in [1.807, 2.05) is 6.07 Å². The van der Waals surface area contributed by atoms with Crippen LogP contribution in [0, 0.1) is 0 Å². The van der Waals surface area contributed by atoms with Crippen LogP contribution in [0.4, 0.5) is 0 Å². The molecule has 0 radical (unpaired) electrons. The maximum absolute atomic E-state index is 10.9. The fourth-order valence-corrected chi connectivity index (χ4v) is 1.35. The molecule has 2 rings (SSSR count). The highest BCUT2D eigenvalue weighted by atomic mass is 16.5. The maximum atomic E-state index is 10.9. The number of hydrogen-bond acceptors (Lipinski definition) is 3. The van der Waals surface area contributed by atoms with Gasteiger partial charge in [0.05, 0.1) is 17.9 Å². The summed E-state index contributed by atoms with van der Waals surface area (Å²) in [7, 11) is 0. The SMILES string of the molecule is CC(C)c1cc(C=O)c(OC2CC2)cn1. The first-order valence-electron chi connectivity index (χ1n) is 5.32. The number of rotatable bonds is 4. The molecule has 0 aliphatic heterocycles. The zero-order valence-electron chi connectivity index (χ0n) is 9.06. The van der Waals surface area contributed by atoms with Crippen molar-refractivity contribution >= 4 is 6.29 Å². The van der Waals surface area contributed by atoms with Crippen molar-refractivity contribution in [2.24, 2.45) is 0 Å². The summed E-state index contributed by atoms with van der Waals surface area (Å²) in [5.74, 6) is 0.954. The van der Waals surface area contributed by atoms with Gasteiger partial charge >= 0.3 is 0 Å². The molecule has 1 aromatic rings. The van der Waals surface area contributed by atoms with Crippen molar-refractivity contribution in [3.8, 4) is 5.75 Å². The fourth-order valence-electron chi connectivity index (χ4n) is 1.35. The third-order valence-electron chi connectivity index (χ3n) is 2.46. The Morgan fingerprint density at radius 1 is 1.53 bits per heavy atom. The summed E-state index contributed by atoms with van der Waals surface area (Å²) in [6, 6.07) is 1.81. The van der Waals surface area contributed by atoms with E-state index in [-0.39, 0.29) is 0 Å². The molecule has 15 heavy (non-hydrogen) atoms. The van der Waals surface area contributed by atoms with E-state index in [1.54, 1.807) is 6.20 Å². The predicted octanol–water partition coefficient (Wildman–Crippen LogP) is 2.56. The molecule has 1 aromatic heterocycles. The molecule has 3 nitrogen and oxygen atoms in total. The number of pyridine rings is 1. The largest absolute Gasteiger partial charge is 0.488 e. The number of carbonyl (C=O) groups excluding carboxylic acids is 1. The number of aromatic nitrogens is 1. The second-order valence-corrected chi connectivity index (χ2v) is 4.24. The summed E-state index contributed by atoms with van der Waals surface area (Å²) in [6.07, 6.45) is 4.98. The first kappa shape index (κ1) is 10.1. The second kappa shape index (κ2) is 4.01. The molecule has 0 aromatic carbocycles. The molecule has 0 unspecified atom stereocenters. The Morgan fingerprint density at radius 2 is 2.27 bits per heavy atom. The number of nitrogens with zero attached hydrogens (tertiary/aromatic N) is 1. The third kappa shape index (κ3) is 2.35. The molecule has 3 heteroatoms. The minimum Gasteiger partial charge on any atom is -0.488 e. The summed E-state index contributed by atoms with van der Waals surface area (Å²) in [5, 5.41) is 0. The number of carbonyl (C=O) groups is 1. The van der Waals surface area contributed by atoms with Crippen molar-refractivity contribution in [3.05, 3.63) is 23.5 Å². The summed E-state index contributed by atoms with van der Waals surface area (Å²) < 4.78 is 5.59. The topological polar surface area (TPSA) is 39.2 Å². The average molecular weight is 205 g/mol. The maximum Gasteiger partial charge on any atom is 0.153 e. The van der Waals surface area contributed by atoms with Gasteiger partial charge in [0.15, 0.2) is 6.29 Å². The van der Waals surface area contributed by atoms with E-state index >= 15 is 0 Å². The van der Waals surface area contributed by atoms with E-state index in [0.717, 1.165) is 24.8 Å². The Kier molecular flexibility index (Phi) is 2.71. The summed E-state index contributed by atoms with van der Waals surface area (Å²) in [5.41, 5.74) is 1.54. The Hall–Kier alpha value is -1.38. The highest BCUT2D eigenvalue weighted by Gasteiger charge is 2.24. The monoisotopic (exact) mass is 205 g/mol. The minimum absolute atomic E-state index is 0.301. The molecule has 1 aliphatic rings. The molecule has 80 valence electrons. The van der Waals surface area contributed by atoms with Crippen molar-refractivity contribution in [1.29, 1.82) is 0 Å². The molecule has 0 atom stereocenters. The van der Waals surface area contributed by atoms with Crippen LogP contribution in [0.2, 0.25) is 0 Å². The van der Waals surface area contributed by atoms with Gasteiger partial charge in [-0.3, -0.25) is 9.78 Å². The van der Waals surface area contributed by atoms with Crippen LogP contribution in [0.3, 0.4) is 0 Å². The fraction of sp³-hybridized carbons (Fsp3) is 0.500. The van der Waals surface area contributed by atoms with Gasteiger partial charge in [0.2, 0.25) is 0 Å². The minimum atomic E-state index is 0.301. The van der Waals surface area contributed by atoms with Crippen molar-refractivity contribution < 1.29 is 9.53 Å². The van der Waals surface area contributed by atoms with Crippen LogP contribution in [-0.4, -0.2) is 17.4 Å². The van der Waals surface area contributed by atoms with E-state index < -0.39 is 0 Å². The lowest BCUT2D eigenvalue weighted by Crippen LogP contribution is -2.02. The van der Waals surface area contributed by atoms with Gasteiger partial charge in [-0.2, -0.15) is 0 Å². The standard InChI is InChI=1S/C12H15NO2/c1-8(2)11-5-9(7-14)12(6-13-11)15-10-3-4-10/h5-8,10H,3-4H2,1-2H3. The van der Waals surface area contributed by atoms with Crippen molar-refractivity contribution in [1.82, 2.24) is 4.98 Å². The van der Waals surface area contributed by atoms with Crippen LogP contribution in [0.1, 0.15) is 48.7 Å². The van der Waals surface area contributed by atoms with Crippen LogP contribution in [0.5, 0.6) is 5.75 Å². The second-order valence-electron chi connectivity index (χ2n) is 4.24. The molecule has 0 bridgehead atoms. The first-order chi connectivity index (χ1) is 7.20. The van der Waals surface area contributed by atoms with Crippen LogP contribution >= 0.6 is 0 Å². The lowest BCUT2D eigenvalue weighted by Gasteiger charge is -2.09. The van der Waals surface area contributed by atoms with Gasteiger partial charge in [-0.1, -0.05) is 13.8 Å². The molecule has 1 saturated carbocycles. The van der Waals surface area contributed by atoms with E-state index in [4.69, 9.17) is 4.74 Å². The summed E-state index contributed by atoms with van der Waals surface area (Å²) in [6.45, 7) is 4.11. The number of hydrogen-bond donors (Lipinski definition) is 0. The van der Waals surface area contributed by atoms with E-state index in [9.17, 15) is 4.79 Å². The highest BCUT2D eigenvalue weighted by molar-refractivity contribution is 5.79. The number of aldehydes is 1. The summed E-state index contributed by atoms with van der Waals surface area (Å²) in [4.78, 5) is 15.2. The predicted molar refractivity (Wildman–Crippen MR) is 57.4 cm³/mol. The van der Waals surface area contributed by atoms with Crippen molar-refractivity contribution in [2.75, 3.05) is 0 Å². The molecule has 1 aliphatic carbocycles. The molecule has 0 amide bonds. The normalized spacial score (nSPS) is 15.4. The molecular weight excluding hydrogens is 190 g/mol. The highest BCUT2D eigenvalue weighted by Crippen LogP contribution is 2.29. The van der Waals surface area contributed by atoms with Crippen molar-refractivity contribution in [2.45, 2.75) is 38.7 Å².